The van der Waals surface area contributed by atoms with Crippen molar-refractivity contribution in [3.63, 3.8) is 0 Å². The second-order valence-corrected chi connectivity index (χ2v) is 12.0. The van der Waals surface area contributed by atoms with Gasteiger partial charge in [-0.15, -0.1) is 0 Å². The Balaban J connectivity index is 1.05. The molecule has 2 amide bonds. The van der Waals surface area contributed by atoms with Crippen LogP contribution in [0.5, 0.6) is 11.5 Å². The molecule has 0 atom stereocenters. The molecule has 232 valence electrons. The number of carbonyl (C=O) groups excluding carboxylic acids is 2. The molecular formula is C37H40N4O4. The van der Waals surface area contributed by atoms with Crippen LogP contribution >= 0.6 is 0 Å². The van der Waals surface area contributed by atoms with E-state index >= 15 is 0 Å². The van der Waals surface area contributed by atoms with Crippen molar-refractivity contribution in [2.75, 3.05) is 47.8 Å². The summed E-state index contributed by atoms with van der Waals surface area (Å²) in [5, 5.41) is 2.80. The summed E-state index contributed by atoms with van der Waals surface area (Å²) >= 11 is 0. The standard InChI is InChI=1S/C37H40N4O4/c1-26(2)44-35-10-5-4-9-34(35)40-21-19-39(20-22-40)25-28-7-6-8-30(23-28)36(42)41-18-17-29-24-31(13-16-33(29)41)38-37(43)45-32-14-11-27(3)12-15-32/h4-16,23-24,26H,17-22,25H2,1-3H3,(H,38,43). The van der Waals surface area contributed by atoms with Crippen molar-refractivity contribution in [1.82, 2.24) is 4.90 Å². The number of amides is 2. The number of benzene rings is 4. The summed E-state index contributed by atoms with van der Waals surface area (Å²) in [6.45, 7) is 11.2. The Morgan fingerprint density at radius 2 is 1.60 bits per heavy atom. The number of rotatable bonds is 8. The second-order valence-electron chi connectivity index (χ2n) is 12.0. The van der Waals surface area contributed by atoms with Gasteiger partial charge in [0.2, 0.25) is 0 Å². The van der Waals surface area contributed by atoms with E-state index in [0.29, 0.717) is 23.5 Å². The largest absolute Gasteiger partial charge is 0.489 e. The number of hydrogen-bond acceptors (Lipinski definition) is 6. The van der Waals surface area contributed by atoms with Gasteiger partial charge in [-0.2, -0.15) is 0 Å². The van der Waals surface area contributed by atoms with Crippen LogP contribution in [0.25, 0.3) is 0 Å². The molecule has 0 aliphatic carbocycles. The van der Waals surface area contributed by atoms with Crippen molar-refractivity contribution in [3.8, 4) is 11.5 Å². The minimum absolute atomic E-state index is 0.0123. The Kier molecular flexibility index (Phi) is 9.03. The van der Waals surface area contributed by atoms with Gasteiger partial charge in [0.1, 0.15) is 11.5 Å². The van der Waals surface area contributed by atoms with Gasteiger partial charge >= 0.3 is 6.09 Å². The summed E-state index contributed by atoms with van der Waals surface area (Å²) in [7, 11) is 0. The van der Waals surface area contributed by atoms with Crippen molar-refractivity contribution < 1.29 is 19.1 Å². The molecule has 2 heterocycles. The molecule has 4 aromatic rings. The highest BCUT2D eigenvalue weighted by atomic mass is 16.6. The predicted molar refractivity (Wildman–Crippen MR) is 179 cm³/mol. The summed E-state index contributed by atoms with van der Waals surface area (Å²) in [6.07, 6.45) is 0.304. The van der Waals surface area contributed by atoms with Crippen LogP contribution in [-0.4, -0.2) is 55.7 Å². The highest BCUT2D eigenvalue weighted by molar-refractivity contribution is 6.07. The van der Waals surface area contributed by atoms with E-state index in [1.165, 1.54) is 0 Å². The van der Waals surface area contributed by atoms with Crippen molar-refractivity contribution in [1.29, 1.82) is 0 Å². The zero-order chi connectivity index (χ0) is 31.3. The zero-order valence-electron chi connectivity index (χ0n) is 26.2. The topological polar surface area (TPSA) is 74.4 Å². The van der Waals surface area contributed by atoms with Crippen LogP contribution in [0.4, 0.5) is 21.9 Å². The zero-order valence-corrected chi connectivity index (χ0v) is 26.2. The highest BCUT2D eigenvalue weighted by Gasteiger charge is 2.27. The molecule has 45 heavy (non-hydrogen) atoms. The van der Waals surface area contributed by atoms with Crippen molar-refractivity contribution in [2.45, 2.75) is 39.8 Å². The van der Waals surface area contributed by atoms with Gasteiger partial charge in [-0.3, -0.25) is 15.0 Å². The third-order valence-electron chi connectivity index (χ3n) is 8.22. The SMILES string of the molecule is Cc1ccc(OC(=O)Nc2ccc3c(c2)CCN3C(=O)c2cccc(CN3CCN(c4ccccc4OC(C)C)CC3)c2)cc1. The average Bonchev–Trinajstić information content (AvgIpc) is 3.46. The van der Waals surface area contributed by atoms with Gasteiger partial charge in [0.15, 0.2) is 0 Å². The molecule has 1 N–H and O–H groups in total. The Hall–Kier alpha value is -4.82. The van der Waals surface area contributed by atoms with Crippen molar-refractivity contribution >= 4 is 29.1 Å². The third kappa shape index (κ3) is 7.29. The average molecular weight is 605 g/mol. The first-order valence-corrected chi connectivity index (χ1v) is 15.6. The van der Waals surface area contributed by atoms with Crippen LogP contribution in [-0.2, 0) is 13.0 Å². The van der Waals surface area contributed by atoms with E-state index in [-0.39, 0.29) is 12.0 Å². The Morgan fingerprint density at radius 3 is 2.38 bits per heavy atom. The lowest BCUT2D eigenvalue weighted by molar-refractivity contribution is 0.0989. The van der Waals surface area contributed by atoms with Crippen LogP contribution in [0, 0.1) is 6.92 Å². The molecule has 0 radical (unpaired) electrons. The number of fused-ring (bicyclic) bond motifs is 1. The van der Waals surface area contributed by atoms with Gasteiger partial charge in [0.25, 0.3) is 5.91 Å². The van der Waals surface area contributed by atoms with Crippen LogP contribution in [0.15, 0.2) is 91.0 Å². The van der Waals surface area contributed by atoms with E-state index in [4.69, 9.17) is 9.47 Å². The summed E-state index contributed by atoms with van der Waals surface area (Å²) in [5.41, 5.74) is 6.59. The number of nitrogens with one attached hydrogen (secondary N) is 1. The summed E-state index contributed by atoms with van der Waals surface area (Å²) in [4.78, 5) is 32.7. The smallest absolute Gasteiger partial charge is 0.417 e. The number of carbonyl (C=O) groups is 2. The maximum absolute atomic E-state index is 13.7. The first kappa shape index (κ1) is 30.2. The Bertz CT molecular complexity index is 1660. The lowest BCUT2D eigenvalue weighted by Gasteiger charge is -2.37. The first-order valence-electron chi connectivity index (χ1n) is 15.6. The van der Waals surface area contributed by atoms with Crippen LogP contribution in [0.2, 0.25) is 0 Å². The van der Waals surface area contributed by atoms with E-state index in [1.807, 2.05) is 72.5 Å². The van der Waals surface area contributed by atoms with Gasteiger partial charge in [-0.05, 0) is 92.9 Å². The van der Waals surface area contributed by atoms with E-state index in [0.717, 1.165) is 73.0 Å². The van der Waals surface area contributed by atoms with Crippen LogP contribution < -0.4 is 24.6 Å². The van der Waals surface area contributed by atoms with Crippen LogP contribution in [0.1, 0.15) is 40.9 Å². The molecule has 4 aromatic carbocycles. The van der Waals surface area contributed by atoms with E-state index in [9.17, 15) is 9.59 Å². The molecule has 2 aliphatic heterocycles. The molecule has 0 spiro atoms. The first-order chi connectivity index (χ1) is 21.8. The van der Waals surface area contributed by atoms with Gasteiger partial charge in [-0.1, -0.05) is 42.0 Å². The fourth-order valence-electron chi connectivity index (χ4n) is 5.98. The van der Waals surface area contributed by atoms with Crippen molar-refractivity contribution in [3.05, 3.63) is 113 Å². The molecule has 1 fully saturated rings. The minimum atomic E-state index is -0.548. The molecule has 0 saturated carbocycles. The van der Waals surface area contributed by atoms with E-state index in [2.05, 4.69) is 47.2 Å². The lowest BCUT2D eigenvalue weighted by Crippen LogP contribution is -2.46. The molecule has 6 rings (SSSR count). The number of piperazine rings is 1. The van der Waals surface area contributed by atoms with Gasteiger partial charge in [-0.25, -0.2) is 4.79 Å². The van der Waals surface area contributed by atoms with E-state index in [1.54, 1.807) is 12.1 Å². The molecule has 8 heteroatoms. The monoisotopic (exact) mass is 604 g/mol. The second kappa shape index (κ2) is 13.4. The summed E-state index contributed by atoms with van der Waals surface area (Å²) in [5.74, 6) is 1.41. The third-order valence-corrected chi connectivity index (χ3v) is 8.22. The number of para-hydroxylation sites is 2. The number of aryl methyl sites for hydroxylation is 1. The highest BCUT2D eigenvalue weighted by Crippen LogP contribution is 2.33. The van der Waals surface area contributed by atoms with Crippen molar-refractivity contribution in [2.24, 2.45) is 0 Å². The molecule has 0 aromatic heterocycles. The molecule has 2 aliphatic rings. The minimum Gasteiger partial charge on any atom is -0.489 e. The molecule has 0 bridgehead atoms. The molecule has 0 unspecified atom stereocenters. The normalized spacial score (nSPS) is 14.8. The molecule has 1 saturated heterocycles. The summed E-state index contributed by atoms with van der Waals surface area (Å²) in [6, 6.07) is 29.2. The molecular weight excluding hydrogens is 564 g/mol. The number of nitrogens with zero attached hydrogens (tertiary/aromatic N) is 3. The maximum atomic E-state index is 13.7. The van der Waals surface area contributed by atoms with E-state index < -0.39 is 6.09 Å². The number of ether oxygens (including phenoxy) is 2. The lowest BCUT2D eigenvalue weighted by atomic mass is 10.1. The number of hydrogen-bond donors (Lipinski definition) is 1. The number of anilines is 3. The Labute approximate surface area is 265 Å². The Morgan fingerprint density at radius 1 is 0.822 bits per heavy atom. The predicted octanol–water partition coefficient (Wildman–Crippen LogP) is 6.92. The molecule has 8 nitrogen and oxygen atoms in total. The fraction of sp³-hybridized carbons (Fsp3) is 0.297. The fourth-order valence-corrected chi connectivity index (χ4v) is 5.98. The van der Waals surface area contributed by atoms with Gasteiger partial charge < -0.3 is 19.3 Å². The van der Waals surface area contributed by atoms with Gasteiger partial charge in [0.05, 0.1) is 11.8 Å². The van der Waals surface area contributed by atoms with Crippen LogP contribution in [0.3, 0.4) is 0 Å². The maximum Gasteiger partial charge on any atom is 0.417 e. The van der Waals surface area contributed by atoms with Gasteiger partial charge in [0, 0.05) is 56.2 Å². The quantitative estimate of drug-likeness (QED) is 0.235. The summed E-state index contributed by atoms with van der Waals surface area (Å²) < 4.78 is 11.4.